The number of aliphatic hydroxyl groups is 1. The number of nitrogens with one attached hydrogen (secondary N) is 1. The van der Waals surface area contributed by atoms with Crippen molar-refractivity contribution in [2.24, 2.45) is 7.05 Å². The fourth-order valence-corrected chi connectivity index (χ4v) is 3.48. The van der Waals surface area contributed by atoms with Crippen LogP contribution >= 0.6 is 0 Å². The van der Waals surface area contributed by atoms with Crippen LogP contribution in [0.15, 0.2) is 4.52 Å². The van der Waals surface area contributed by atoms with E-state index in [1.807, 2.05) is 14.0 Å². The Morgan fingerprint density at radius 2 is 2.08 bits per heavy atom. The Morgan fingerprint density at radius 3 is 2.67 bits per heavy atom. The number of carbonyl (C=O) groups excluding carboxylic acids is 1. The van der Waals surface area contributed by atoms with Gasteiger partial charge in [-0.25, -0.2) is 4.98 Å². The number of hydrogen-bond acceptors (Lipinski definition) is 6. The van der Waals surface area contributed by atoms with E-state index in [1.54, 1.807) is 18.5 Å². The number of carbonyl (C=O) groups is 1. The standard InChI is InChI=1S/C16H23N5O3/c1-8-14(9(2)24-20-8)16(23)18-12-7-11(5-6-13(12)22)15-17-10(3)19-21(15)4/h11-13,22H,5-7H2,1-4H3,(H,18,23)/t11-,12+,13+/m0/s1. The fraction of sp³-hybridized carbons (Fsp3) is 0.625. The van der Waals surface area contributed by atoms with Crippen molar-refractivity contribution in [1.29, 1.82) is 0 Å². The maximum atomic E-state index is 12.5. The molecule has 8 nitrogen and oxygen atoms in total. The summed E-state index contributed by atoms with van der Waals surface area (Å²) in [6, 6.07) is -0.332. The monoisotopic (exact) mass is 333 g/mol. The third-order valence-electron chi connectivity index (χ3n) is 4.66. The van der Waals surface area contributed by atoms with Crippen LogP contribution in [0.1, 0.15) is 58.6 Å². The molecule has 1 fully saturated rings. The van der Waals surface area contributed by atoms with Crippen LogP contribution in [0.25, 0.3) is 0 Å². The predicted octanol–water partition coefficient (Wildman–Crippen LogP) is 1.16. The molecule has 0 saturated heterocycles. The van der Waals surface area contributed by atoms with Crippen molar-refractivity contribution < 1.29 is 14.4 Å². The molecule has 0 bridgehead atoms. The smallest absolute Gasteiger partial charge is 0.257 e. The molecule has 0 aliphatic heterocycles. The Morgan fingerprint density at radius 1 is 1.33 bits per heavy atom. The number of aryl methyl sites for hydroxylation is 4. The van der Waals surface area contributed by atoms with Crippen molar-refractivity contribution in [1.82, 2.24) is 25.2 Å². The zero-order chi connectivity index (χ0) is 17.4. The van der Waals surface area contributed by atoms with E-state index in [2.05, 4.69) is 20.6 Å². The lowest BCUT2D eigenvalue weighted by Crippen LogP contribution is -2.47. The minimum Gasteiger partial charge on any atom is -0.391 e. The lowest BCUT2D eigenvalue weighted by Gasteiger charge is -2.33. The third kappa shape index (κ3) is 3.06. The van der Waals surface area contributed by atoms with Gasteiger partial charge in [0.15, 0.2) is 0 Å². The van der Waals surface area contributed by atoms with Gasteiger partial charge in [-0.2, -0.15) is 5.10 Å². The molecule has 130 valence electrons. The van der Waals surface area contributed by atoms with E-state index < -0.39 is 6.10 Å². The Labute approximate surface area is 140 Å². The van der Waals surface area contributed by atoms with Crippen molar-refractivity contribution in [2.45, 2.75) is 58.1 Å². The zero-order valence-corrected chi connectivity index (χ0v) is 14.4. The number of aliphatic hydroxyl groups excluding tert-OH is 1. The molecule has 0 aromatic carbocycles. The molecule has 0 unspecified atom stereocenters. The highest BCUT2D eigenvalue weighted by Gasteiger charge is 2.34. The van der Waals surface area contributed by atoms with Crippen LogP contribution < -0.4 is 5.32 Å². The summed E-state index contributed by atoms with van der Waals surface area (Å²) >= 11 is 0. The van der Waals surface area contributed by atoms with Gasteiger partial charge in [-0.3, -0.25) is 9.48 Å². The molecule has 1 saturated carbocycles. The number of amides is 1. The Kier molecular flexibility index (Phi) is 4.40. The molecule has 2 aromatic heterocycles. The fourth-order valence-electron chi connectivity index (χ4n) is 3.48. The number of rotatable bonds is 3. The maximum Gasteiger partial charge on any atom is 0.257 e. The summed E-state index contributed by atoms with van der Waals surface area (Å²) in [6.45, 7) is 5.29. The predicted molar refractivity (Wildman–Crippen MR) is 85.6 cm³/mol. The summed E-state index contributed by atoms with van der Waals surface area (Å²) in [5.74, 6) is 2.02. The molecule has 24 heavy (non-hydrogen) atoms. The quantitative estimate of drug-likeness (QED) is 0.873. The Bertz CT molecular complexity index is 731. The largest absolute Gasteiger partial charge is 0.391 e. The molecular formula is C16H23N5O3. The van der Waals surface area contributed by atoms with Crippen LogP contribution in [0.3, 0.4) is 0 Å². The molecule has 2 heterocycles. The van der Waals surface area contributed by atoms with E-state index in [0.29, 0.717) is 29.9 Å². The summed E-state index contributed by atoms with van der Waals surface area (Å²) in [7, 11) is 1.87. The average Bonchev–Trinajstić information content (AvgIpc) is 3.03. The van der Waals surface area contributed by atoms with Crippen LogP contribution in [0.5, 0.6) is 0 Å². The maximum absolute atomic E-state index is 12.5. The normalized spacial score (nSPS) is 24.1. The SMILES string of the molecule is Cc1nc([C@H]2CC[C@@H](O)[C@H](NC(=O)c3c(C)noc3C)C2)n(C)n1. The molecule has 2 N–H and O–H groups in total. The van der Waals surface area contributed by atoms with Crippen LogP contribution in [-0.4, -0.2) is 43.1 Å². The summed E-state index contributed by atoms with van der Waals surface area (Å²) in [4.78, 5) is 17.0. The van der Waals surface area contributed by atoms with Crippen molar-refractivity contribution in [3.63, 3.8) is 0 Å². The van der Waals surface area contributed by atoms with Gasteiger partial charge in [0, 0.05) is 13.0 Å². The molecule has 1 amide bonds. The molecule has 0 radical (unpaired) electrons. The van der Waals surface area contributed by atoms with Crippen LogP contribution in [-0.2, 0) is 7.05 Å². The first-order valence-corrected chi connectivity index (χ1v) is 8.16. The Hall–Kier alpha value is -2.22. The second-order valence-electron chi connectivity index (χ2n) is 6.50. The molecule has 8 heteroatoms. The molecule has 3 rings (SSSR count). The first-order valence-electron chi connectivity index (χ1n) is 8.16. The number of nitrogens with zero attached hydrogens (tertiary/aromatic N) is 4. The zero-order valence-electron chi connectivity index (χ0n) is 14.4. The highest BCUT2D eigenvalue weighted by Crippen LogP contribution is 2.32. The van der Waals surface area contributed by atoms with Gasteiger partial charge in [0.25, 0.3) is 5.91 Å². The van der Waals surface area contributed by atoms with Crippen molar-refractivity contribution >= 4 is 5.91 Å². The summed E-state index contributed by atoms with van der Waals surface area (Å²) in [5.41, 5.74) is 0.995. The van der Waals surface area contributed by atoms with E-state index in [-0.39, 0.29) is 17.9 Å². The second-order valence-corrected chi connectivity index (χ2v) is 6.50. The third-order valence-corrected chi connectivity index (χ3v) is 4.66. The molecular weight excluding hydrogens is 310 g/mol. The van der Waals surface area contributed by atoms with Crippen molar-refractivity contribution in [2.75, 3.05) is 0 Å². The highest BCUT2D eigenvalue weighted by molar-refractivity contribution is 5.96. The Balaban J connectivity index is 1.75. The minimum absolute atomic E-state index is 0.162. The molecule has 1 aliphatic carbocycles. The van der Waals surface area contributed by atoms with E-state index in [1.165, 1.54) is 0 Å². The van der Waals surface area contributed by atoms with Gasteiger partial charge >= 0.3 is 0 Å². The first-order chi connectivity index (χ1) is 11.4. The molecule has 1 aliphatic rings. The highest BCUT2D eigenvalue weighted by atomic mass is 16.5. The first kappa shape index (κ1) is 16.6. The van der Waals surface area contributed by atoms with Gasteiger partial charge in [-0.05, 0) is 40.0 Å². The van der Waals surface area contributed by atoms with E-state index in [9.17, 15) is 9.90 Å². The number of aromatic nitrogens is 4. The molecule has 3 atom stereocenters. The lowest BCUT2D eigenvalue weighted by atomic mass is 9.83. The van der Waals surface area contributed by atoms with Crippen LogP contribution in [0, 0.1) is 20.8 Å². The second kappa shape index (κ2) is 6.35. The van der Waals surface area contributed by atoms with Crippen molar-refractivity contribution in [3.05, 3.63) is 28.7 Å². The summed E-state index contributed by atoms with van der Waals surface area (Å²) in [6.07, 6.45) is 1.50. The van der Waals surface area contributed by atoms with E-state index >= 15 is 0 Å². The minimum atomic E-state index is -0.569. The summed E-state index contributed by atoms with van der Waals surface area (Å²) in [5, 5.41) is 21.3. The van der Waals surface area contributed by atoms with Gasteiger partial charge in [-0.1, -0.05) is 5.16 Å². The summed E-state index contributed by atoms with van der Waals surface area (Å²) < 4.78 is 6.83. The van der Waals surface area contributed by atoms with Crippen LogP contribution in [0.4, 0.5) is 0 Å². The topological polar surface area (TPSA) is 106 Å². The number of hydrogen-bond donors (Lipinski definition) is 2. The molecule has 2 aromatic rings. The van der Waals surface area contributed by atoms with E-state index in [0.717, 1.165) is 18.1 Å². The molecule has 0 spiro atoms. The average molecular weight is 333 g/mol. The van der Waals surface area contributed by atoms with Gasteiger partial charge in [-0.15, -0.1) is 0 Å². The van der Waals surface area contributed by atoms with Crippen molar-refractivity contribution in [3.8, 4) is 0 Å². The van der Waals surface area contributed by atoms with E-state index in [4.69, 9.17) is 4.52 Å². The van der Waals surface area contributed by atoms with Gasteiger partial charge in [0.05, 0.1) is 17.8 Å². The lowest BCUT2D eigenvalue weighted by molar-refractivity contribution is 0.0668. The van der Waals surface area contributed by atoms with Gasteiger partial charge in [0.1, 0.15) is 23.0 Å². The van der Waals surface area contributed by atoms with Gasteiger partial charge in [0.2, 0.25) is 0 Å². The van der Waals surface area contributed by atoms with Crippen LogP contribution in [0.2, 0.25) is 0 Å². The van der Waals surface area contributed by atoms with Gasteiger partial charge < -0.3 is 14.9 Å².